The third-order valence-electron chi connectivity index (χ3n) is 2.79. The Morgan fingerprint density at radius 3 is 2.81 bits per heavy atom. The second-order valence-corrected chi connectivity index (χ2v) is 6.47. The standard InChI is InChI=1S/C10H22N2O3S/c1-9(8-15-2)11-10-5-4-6-12(7-10)16(3,13)14/h9-11H,4-8H2,1-3H3. The van der Waals surface area contributed by atoms with Gasteiger partial charge in [-0.05, 0) is 19.8 Å². The Hall–Kier alpha value is -0.170. The molecule has 1 N–H and O–H groups in total. The van der Waals surface area contributed by atoms with Crippen LogP contribution in [0.1, 0.15) is 19.8 Å². The molecule has 6 heteroatoms. The van der Waals surface area contributed by atoms with Gasteiger partial charge in [-0.25, -0.2) is 12.7 Å². The molecule has 0 bridgehead atoms. The van der Waals surface area contributed by atoms with Gasteiger partial charge in [0.15, 0.2) is 0 Å². The largest absolute Gasteiger partial charge is 0.383 e. The van der Waals surface area contributed by atoms with Gasteiger partial charge in [-0.2, -0.15) is 0 Å². The zero-order valence-corrected chi connectivity index (χ0v) is 11.1. The molecule has 5 nitrogen and oxygen atoms in total. The molecule has 0 radical (unpaired) electrons. The second kappa shape index (κ2) is 5.95. The fourth-order valence-corrected chi connectivity index (χ4v) is 2.99. The number of rotatable bonds is 5. The molecule has 0 aliphatic carbocycles. The van der Waals surface area contributed by atoms with Crippen LogP contribution in [0, 0.1) is 0 Å². The summed E-state index contributed by atoms with van der Waals surface area (Å²) in [5.74, 6) is 0. The Kier molecular flexibility index (Phi) is 5.17. The van der Waals surface area contributed by atoms with Gasteiger partial charge in [-0.3, -0.25) is 0 Å². The zero-order valence-electron chi connectivity index (χ0n) is 10.3. The fourth-order valence-electron chi connectivity index (χ4n) is 2.08. The lowest BCUT2D eigenvalue weighted by Gasteiger charge is -2.33. The van der Waals surface area contributed by atoms with Crippen molar-refractivity contribution in [3.05, 3.63) is 0 Å². The molecular weight excluding hydrogens is 228 g/mol. The van der Waals surface area contributed by atoms with Gasteiger partial charge >= 0.3 is 0 Å². The molecule has 2 unspecified atom stereocenters. The summed E-state index contributed by atoms with van der Waals surface area (Å²) in [6.07, 6.45) is 3.22. The Morgan fingerprint density at radius 1 is 1.56 bits per heavy atom. The number of ether oxygens (including phenoxy) is 1. The molecule has 1 aliphatic heterocycles. The van der Waals surface area contributed by atoms with Crippen LogP contribution in [0.15, 0.2) is 0 Å². The molecule has 0 saturated carbocycles. The molecule has 0 amide bonds. The number of sulfonamides is 1. The van der Waals surface area contributed by atoms with Crippen molar-refractivity contribution in [2.24, 2.45) is 0 Å². The minimum atomic E-state index is -3.04. The number of nitrogens with one attached hydrogen (secondary N) is 1. The molecule has 0 aromatic rings. The number of nitrogens with zero attached hydrogens (tertiary/aromatic N) is 1. The maximum Gasteiger partial charge on any atom is 0.211 e. The van der Waals surface area contributed by atoms with Crippen molar-refractivity contribution in [3.8, 4) is 0 Å². The van der Waals surface area contributed by atoms with Gasteiger partial charge in [-0.15, -0.1) is 0 Å². The summed E-state index contributed by atoms with van der Waals surface area (Å²) in [7, 11) is -1.38. The third-order valence-corrected chi connectivity index (χ3v) is 4.06. The molecule has 2 atom stereocenters. The van der Waals surface area contributed by atoms with E-state index in [4.69, 9.17) is 4.74 Å². The van der Waals surface area contributed by atoms with E-state index in [2.05, 4.69) is 5.32 Å². The van der Waals surface area contributed by atoms with Crippen LogP contribution in [0.2, 0.25) is 0 Å². The lowest BCUT2D eigenvalue weighted by Crippen LogP contribution is -2.50. The molecule has 0 aromatic carbocycles. The van der Waals surface area contributed by atoms with E-state index >= 15 is 0 Å². The Labute approximate surface area is 98.2 Å². The number of hydrogen-bond acceptors (Lipinski definition) is 4. The Bertz CT molecular complexity index is 305. The van der Waals surface area contributed by atoms with Gasteiger partial charge < -0.3 is 10.1 Å². The molecule has 1 saturated heterocycles. The highest BCUT2D eigenvalue weighted by atomic mass is 32.2. The van der Waals surface area contributed by atoms with Crippen LogP contribution in [0.5, 0.6) is 0 Å². The lowest BCUT2D eigenvalue weighted by molar-refractivity contribution is 0.158. The first kappa shape index (κ1) is 13.9. The van der Waals surface area contributed by atoms with Crippen molar-refractivity contribution in [3.63, 3.8) is 0 Å². The third kappa shape index (κ3) is 4.37. The smallest absolute Gasteiger partial charge is 0.211 e. The van der Waals surface area contributed by atoms with Crippen LogP contribution in [-0.2, 0) is 14.8 Å². The molecule has 1 heterocycles. The van der Waals surface area contributed by atoms with Crippen LogP contribution >= 0.6 is 0 Å². The highest BCUT2D eigenvalue weighted by Crippen LogP contribution is 2.13. The average Bonchev–Trinajstić information content (AvgIpc) is 2.17. The van der Waals surface area contributed by atoms with Gasteiger partial charge in [0.25, 0.3) is 0 Å². The Balaban J connectivity index is 2.45. The minimum absolute atomic E-state index is 0.244. The maximum atomic E-state index is 11.4. The summed E-state index contributed by atoms with van der Waals surface area (Å²) >= 11 is 0. The molecular formula is C10H22N2O3S. The summed E-state index contributed by atoms with van der Waals surface area (Å²) in [6.45, 7) is 3.92. The summed E-state index contributed by atoms with van der Waals surface area (Å²) in [4.78, 5) is 0. The summed E-state index contributed by atoms with van der Waals surface area (Å²) < 4.78 is 29.4. The lowest BCUT2D eigenvalue weighted by atomic mass is 10.1. The number of hydrogen-bond donors (Lipinski definition) is 1. The highest BCUT2D eigenvalue weighted by molar-refractivity contribution is 7.88. The van der Waals surface area contributed by atoms with E-state index in [0.717, 1.165) is 12.8 Å². The van der Waals surface area contributed by atoms with Gasteiger partial charge in [0, 0.05) is 32.3 Å². The topological polar surface area (TPSA) is 58.6 Å². The van der Waals surface area contributed by atoms with Crippen LogP contribution in [0.4, 0.5) is 0 Å². The summed E-state index contributed by atoms with van der Waals surface area (Å²) in [5, 5.41) is 3.39. The summed E-state index contributed by atoms with van der Waals surface area (Å²) in [5.41, 5.74) is 0. The van der Waals surface area contributed by atoms with E-state index in [1.807, 2.05) is 6.92 Å². The number of methoxy groups -OCH3 is 1. The van der Waals surface area contributed by atoms with Crippen LogP contribution in [-0.4, -0.2) is 57.9 Å². The van der Waals surface area contributed by atoms with Crippen molar-refractivity contribution in [1.82, 2.24) is 9.62 Å². The first-order chi connectivity index (χ1) is 7.43. The van der Waals surface area contributed by atoms with E-state index < -0.39 is 10.0 Å². The quantitative estimate of drug-likeness (QED) is 0.748. The van der Waals surface area contributed by atoms with Crippen molar-refractivity contribution in [2.45, 2.75) is 31.8 Å². The molecule has 1 aliphatic rings. The van der Waals surface area contributed by atoms with Crippen molar-refractivity contribution in [2.75, 3.05) is 33.1 Å². The van der Waals surface area contributed by atoms with E-state index in [9.17, 15) is 8.42 Å². The summed E-state index contributed by atoms with van der Waals surface area (Å²) in [6, 6.07) is 0.503. The van der Waals surface area contributed by atoms with Crippen molar-refractivity contribution >= 4 is 10.0 Å². The van der Waals surface area contributed by atoms with Crippen LogP contribution in [0.25, 0.3) is 0 Å². The van der Waals surface area contributed by atoms with Gasteiger partial charge in [0.05, 0.1) is 12.9 Å². The first-order valence-electron chi connectivity index (χ1n) is 5.63. The predicted octanol–water partition coefficient (Wildman–Crippen LogP) is 0.0349. The van der Waals surface area contributed by atoms with Gasteiger partial charge in [-0.1, -0.05) is 0 Å². The zero-order chi connectivity index (χ0) is 12.2. The van der Waals surface area contributed by atoms with Crippen LogP contribution in [0.3, 0.4) is 0 Å². The molecule has 1 fully saturated rings. The van der Waals surface area contributed by atoms with Crippen molar-refractivity contribution in [1.29, 1.82) is 0 Å². The molecule has 16 heavy (non-hydrogen) atoms. The SMILES string of the molecule is COCC(C)NC1CCCN(S(C)(=O)=O)C1. The Morgan fingerprint density at radius 2 is 2.25 bits per heavy atom. The number of piperidine rings is 1. The van der Waals surface area contributed by atoms with Gasteiger partial charge in [0.1, 0.15) is 0 Å². The highest BCUT2D eigenvalue weighted by Gasteiger charge is 2.26. The van der Waals surface area contributed by atoms with Gasteiger partial charge in [0.2, 0.25) is 10.0 Å². The second-order valence-electron chi connectivity index (χ2n) is 4.48. The normalized spacial score (nSPS) is 25.6. The minimum Gasteiger partial charge on any atom is -0.383 e. The molecule has 0 aromatic heterocycles. The maximum absolute atomic E-state index is 11.4. The predicted molar refractivity (Wildman–Crippen MR) is 63.9 cm³/mol. The average molecular weight is 250 g/mol. The molecule has 0 spiro atoms. The van der Waals surface area contributed by atoms with E-state index in [1.54, 1.807) is 11.4 Å². The van der Waals surface area contributed by atoms with E-state index in [-0.39, 0.29) is 12.1 Å². The molecule has 96 valence electrons. The van der Waals surface area contributed by atoms with Crippen LogP contribution < -0.4 is 5.32 Å². The monoisotopic (exact) mass is 250 g/mol. The molecule has 1 rings (SSSR count). The van der Waals surface area contributed by atoms with E-state index in [0.29, 0.717) is 19.7 Å². The van der Waals surface area contributed by atoms with Crippen molar-refractivity contribution < 1.29 is 13.2 Å². The van der Waals surface area contributed by atoms with E-state index in [1.165, 1.54) is 6.26 Å². The first-order valence-corrected chi connectivity index (χ1v) is 7.48. The fraction of sp³-hybridized carbons (Fsp3) is 1.00.